The second kappa shape index (κ2) is 11.0. The third kappa shape index (κ3) is 5.91. The fraction of sp³-hybridized carbons (Fsp3) is 0.276. The minimum atomic E-state index is -0.589. The van der Waals surface area contributed by atoms with E-state index in [2.05, 4.69) is 20.5 Å². The quantitative estimate of drug-likeness (QED) is 0.251. The zero-order valence-electron chi connectivity index (χ0n) is 22.8. The Morgan fingerprint density at radius 3 is 2.65 bits per heavy atom. The van der Waals surface area contributed by atoms with Gasteiger partial charge in [-0.3, -0.25) is 4.98 Å². The number of aromatic nitrogens is 5. The van der Waals surface area contributed by atoms with Crippen LogP contribution in [0.2, 0.25) is 5.02 Å². The van der Waals surface area contributed by atoms with Gasteiger partial charge in [0.15, 0.2) is 11.5 Å². The van der Waals surface area contributed by atoms with Gasteiger partial charge < -0.3 is 19.5 Å². The lowest BCUT2D eigenvalue weighted by Crippen LogP contribution is -2.34. The molecular weight excluding hydrogens is 532 g/mol. The highest BCUT2D eigenvalue weighted by Crippen LogP contribution is 2.30. The number of nitrogens with one attached hydrogen (secondary N) is 1. The number of hydrogen-bond donors (Lipinski definition) is 1. The van der Waals surface area contributed by atoms with Crippen molar-refractivity contribution in [1.29, 1.82) is 0 Å². The first-order valence-corrected chi connectivity index (χ1v) is 13.1. The van der Waals surface area contributed by atoms with Crippen LogP contribution in [0.1, 0.15) is 45.1 Å². The first-order chi connectivity index (χ1) is 19.1. The van der Waals surface area contributed by atoms with Gasteiger partial charge in [0.25, 0.3) is 0 Å². The SMILES string of the molecule is COc1ccc2c(OCc3nnc4ccc(-c5ccc(C(C)NC(=O)OC(C)(C)C)c(Cl)c5)nn34)ccnc2c1. The molecule has 0 bridgehead atoms. The zero-order valence-corrected chi connectivity index (χ0v) is 23.6. The van der Waals surface area contributed by atoms with E-state index in [1.54, 1.807) is 23.9 Å². The van der Waals surface area contributed by atoms with Gasteiger partial charge in [0.1, 0.15) is 23.7 Å². The van der Waals surface area contributed by atoms with E-state index >= 15 is 0 Å². The summed E-state index contributed by atoms with van der Waals surface area (Å²) >= 11 is 6.62. The van der Waals surface area contributed by atoms with Crippen molar-refractivity contribution in [3.63, 3.8) is 0 Å². The second-order valence-corrected chi connectivity index (χ2v) is 10.6. The van der Waals surface area contributed by atoms with E-state index in [-0.39, 0.29) is 12.6 Å². The summed E-state index contributed by atoms with van der Waals surface area (Å²) in [5, 5.41) is 17.4. The minimum absolute atomic E-state index is 0.149. The Morgan fingerprint density at radius 2 is 1.90 bits per heavy atom. The molecule has 1 amide bonds. The van der Waals surface area contributed by atoms with Crippen LogP contribution in [-0.4, -0.2) is 43.6 Å². The Kier molecular flexibility index (Phi) is 7.44. The van der Waals surface area contributed by atoms with Crippen LogP contribution in [0.5, 0.6) is 11.5 Å². The summed E-state index contributed by atoms with van der Waals surface area (Å²) in [6.07, 6.45) is 1.18. The summed E-state index contributed by atoms with van der Waals surface area (Å²) in [5.74, 6) is 1.92. The average molecular weight is 561 g/mol. The molecule has 3 heterocycles. The van der Waals surface area contributed by atoms with Crippen LogP contribution >= 0.6 is 11.6 Å². The monoisotopic (exact) mass is 560 g/mol. The molecule has 1 unspecified atom stereocenters. The smallest absolute Gasteiger partial charge is 0.408 e. The molecule has 0 fully saturated rings. The van der Waals surface area contributed by atoms with Crippen molar-refractivity contribution in [2.45, 2.75) is 45.9 Å². The number of carbonyl (C=O) groups excluding carboxylic acids is 1. The molecule has 11 heteroatoms. The number of carbonyl (C=O) groups is 1. The molecule has 0 saturated heterocycles. The summed E-state index contributed by atoms with van der Waals surface area (Å²) in [6.45, 7) is 7.44. The molecule has 5 rings (SSSR count). The van der Waals surface area contributed by atoms with Gasteiger partial charge in [0.05, 0.1) is 24.4 Å². The van der Waals surface area contributed by atoms with E-state index < -0.39 is 11.7 Å². The van der Waals surface area contributed by atoms with Crippen molar-refractivity contribution < 1.29 is 19.0 Å². The van der Waals surface area contributed by atoms with Crippen LogP contribution in [0.15, 0.2) is 60.8 Å². The number of alkyl carbamates (subject to hydrolysis) is 1. The van der Waals surface area contributed by atoms with Crippen LogP contribution in [-0.2, 0) is 11.3 Å². The lowest BCUT2D eigenvalue weighted by atomic mass is 10.0. The van der Waals surface area contributed by atoms with Crippen molar-refractivity contribution in [3.8, 4) is 22.8 Å². The van der Waals surface area contributed by atoms with E-state index in [0.717, 1.165) is 27.8 Å². The first-order valence-electron chi connectivity index (χ1n) is 12.7. The number of halogens is 1. The Balaban J connectivity index is 1.35. The largest absolute Gasteiger partial charge is 0.497 e. The number of fused-ring (bicyclic) bond motifs is 2. The Morgan fingerprint density at radius 1 is 1.07 bits per heavy atom. The molecule has 206 valence electrons. The molecule has 3 aromatic heterocycles. The van der Waals surface area contributed by atoms with Gasteiger partial charge in [-0.15, -0.1) is 10.2 Å². The van der Waals surface area contributed by atoms with E-state index in [1.165, 1.54) is 0 Å². The third-order valence-corrected chi connectivity index (χ3v) is 6.42. The maximum absolute atomic E-state index is 12.2. The van der Waals surface area contributed by atoms with Gasteiger partial charge in [-0.1, -0.05) is 23.7 Å². The Labute approximate surface area is 236 Å². The molecule has 2 aromatic carbocycles. The fourth-order valence-corrected chi connectivity index (χ4v) is 4.52. The highest BCUT2D eigenvalue weighted by atomic mass is 35.5. The van der Waals surface area contributed by atoms with E-state index in [1.807, 2.05) is 76.2 Å². The number of pyridine rings is 1. The van der Waals surface area contributed by atoms with Crippen molar-refractivity contribution in [1.82, 2.24) is 30.1 Å². The summed E-state index contributed by atoms with van der Waals surface area (Å²) in [7, 11) is 1.62. The predicted molar refractivity (Wildman–Crippen MR) is 152 cm³/mol. The summed E-state index contributed by atoms with van der Waals surface area (Å²) in [4.78, 5) is 16.6. The Hall–Kier alpha value is -4.44. The van der Waals surface area contributed by atoms with Crippen molar-refractivity contribution in [2.75, 3.05) is 7.11 Å². The normalized spacial score (nSPS) is 12.3. The van der Waals surface area contributed by atoms with Crippen molar-refractivity contribution >= 4 is 34.2 Å². The molecule has 40 heavy (non-hydrogen) atoms. The second-order valence-electron chi connectivity index (χ2n) is 10.2. The Bertz CT molecular complexity index is 1700. The lowest BCUT2D eigenvalue weighted by Gasteiger charge is -2.22. The van der Waals surface area contributed by atoms with Crippen LogP contribution in [0.25, 0.3) is 27.8 Å². The van der Waals surface area contributed by atoms with Crippen LogP contribution in [0, 0.1) is 0 Å². The molecular formula is C29H29ClN6O4. The van der Waals surface area contributed by atoms with E-state index in [0.29, 0.717) is 27.9 Å². The number of amides is 1. The van der Waals surface area contributed by atoms with Gasteiger partial charge in [0, 0.05) is 28.2 Å². The summed E-state index contributed by atoms with van der Waals surface area (Å²) in [5.41, 5.74) is 3.00. The molecule has 0 spiro atoms. The molecule has 1 atom stereocenters. The van der Waals surface area contributed by atoms with Gasteiger partial charge in [-0.2, -0.15) is 9.61 Å². The van der Waals surface area contributed by atoms with Crippen molar-refractivity contribution in [2.24, 2.45) is 0 Å². The highest BCUT2D eigenvalue weighted by molar-refractivity contribution is 6.31. The summed E-state index contributed by atoms with van der Waals surface area (Å²) < 4.78 is 18.4. The molecule has 0 aliphatic carbocycles. The van der Waals surface area contributed by atoms with Crippen LogP contribution in [0.4, 0.5) is 4.79 Å². The maximum Gasteiger partial charge on any atom is 0.408 e. The fourth-order valence-electron chi connectivity index (χ4n) is 4.17. The van der Waals surface area contributed by atoms with E-state index in [9.17, 15) is 4.79 Å². The first kappa shape index (κ1) is 27.1. The number of methoxy groups -OCH3 is 1. The predicted octanol–water partition coefficient (Wildman–Crippen LogP) is 6.17. The van der Waals surface area contributed by atoms with Gasteiger partial charge in [-0.05, 0) is 69.7 Å². The van der Waals surface area contributed by atoms with Gasteiger partial charge in [-0.25, -0.2) is 4.79 Å². The maximum atomic E-state index is 12.2. The summed E-state index contributed by atoms with van der Waals surface area (Å²) in [6, 6.07) is 16.4. The number of nitrogens with zero attached hydrogens (tertiary/aromatic N) is 5. The molecule has 0 saturated carbocycles. The average Bonchev–Trinajstić information content (AvgIpc) is 3.32. The number of benzene rings is 2. The number of hydrogen-bond acceptors (Lipinski definition) is 8. The van der Waals surface area contributed by atoms with Gasteiger partial charge >= 0.3 is 6.09 Å². The molecule has 10 nitrogen and oxygen atoms in total. The lowest BCUT2D eigenvalue weighted by molar-refractivity contribution is 0.0508. The minimum Gasteiger partial charge on any atom is -0.497 e. The molecule has 0 radical (unpaired) electrons. The highest BCUT2D eigenvalue weighted by Gasteiger charge is 2.20. The van der Waals surface area contributed by atoms with Crippen molar-refractivity contribution in [3.05, 3.63) is 77.2 Å². The molecule has 1 N–H and O–H groups in total. The number of rotatable bonds is 7. The van der Waals surface area contributed by atoms with Gasteiger partial charge in [0.2, 0.25) is 0 Å². The van der Waals surface area contributed by atoms with E-state index in [4.69, 9.17) is 30.9 Å². The topological polar surface area (TPSA) is 113 Å². The standard InChI is InChI=1S/C29H29ClN6O4/c1-17(32-28(37)40-29(2,3)4)20-8-6-18(14-22(20)30)23-10-11-26-33-34-27(36(26)35-23)16-39-25-12-13-31-24-15-19(38-5)7-9-21(24)25/h6-15,17H,16H2,1-5H3,(H,32,37). The molecule has 5 aromatic rings. The molecule has 0 aliphatic rings. The zero-order chi connectivity index (χ0) is 28.4. The number of ether oxygens (including phenoxy) is 3. The molecule has 0 aliphatic heterocycles. The third-order valence-electron chi connectivity index (χ3n) is 6.09. The van der Waals surface area contributed by atoms with Crippen LogP contribution < -0.4 is 14.8 Å². The van der Waals surface area contributed by atoms with Crippen LogP contribution in [0.3, 0.4) is 0 Å².